The lowest BCUT2D eigenvalue weighted by molar-refractivity contribution is -0.126. The Hall–Kier alpha value is -2.12. The normalized spacial score (nSPS) is 15.0. The van der Waals surface area contributed by atoms with Crippen LogP contribution in [0.3, 0.4) is 0 Å². The highest BCUT2D eigenvalue weighted by Crippen LogP contribution is 2.26. The molecule has 0 radical (unpaired) electrons. The van der Waals surface area contributed by atoms with Crippen LogP contribution in [0, 0.1) is 0 Å². The molecule has 0 saturated carbocycles. The Balaban J connectivity index is 1.77. The van der Waals surface area contributed by atoms with Crippen molar-refractivity contribution in [3.63, 3.8) is 0 Å². The number of rotatable bonds is 4. The van der Waals surface area contributed by atoms with Crippen LogP contribution in [-0.2, 0) is 9.53 Å². The first-order chi connectivity index (χ1) is 13.1. The van der Waals surface area contributed by atoms with Crippen LogP contribution in [0.2, 0.25) is 0 Å². The molecule has 0 aliphatic carbocycles. The van der Waals surface area contributed by atoms with Gasteiger partial charge in [-0.15, -0.1) is 11.3 Å². The van der Waals surface area contributed by atoms with E-state index in [1.807, 2.05) is 47.9 Å². The topological polar surface area (TPSA) is 49.9 Å². The van der Waals surface area contributed by atoms with Crippen LogP contribution in [-0.4, -0.2) is 54.6 Å². The molecule has 1 aromatic carbocycles. The van der Waals surface area contributed by atoms with Crippen molar-refractivity contribution < 1.29 is 14.3 Å². The summed E-state index contributed by atoms with van der Waals surface area (Å²) >= 11 is 4.98. The summed E-state index contributed by atoms with van der Waals surface area (Å²) in [5, 5.41) is 1.97. The van der Waals surface area contributed by atoms with Gasteiger partial charge in [0, 0.05) is 35.5 Å². The van der Waals surface area contributed by atoms with Crippen molar-refractivity contribution in [3.05, 3.63) is 56.7 Å². The number of thiophene rings is 1. The van der Waals surface area contributed by atoms with Gasteiger partial charge in [-0.3, -0.25) is 4.79 Å². The molecule has 1 fully saturated rings. The van der Waals surface area contributed by atoms with Crippen LogP contribution < -0.4 is 0 Å². The van der Waals surface area contributed by atoms with E-state index in [-0.39, 0.29) is 12.0 Å². The minimum atomic E-state index is -0.312. The summed E-state index contributed by atoms with van der Waals surface area (Å²) in [5.74, 6) is -0.0103. The van der Waals surface area contributed by atoms with Gasteiger partial charge in [0.1, 0.15) is 0 Å². The highest BCUT2D eigenvalue weighted by molar-refractivity contribution is 9.10. The highest BCUT2D eigenvalue weighted by atomic mass is 79.9. The van der Waals surface area contributed by atoms with Gasteiger partial charge in [-0.2, -0.15) is 0 Å². The number of ether oxygens (including phenoxy) is 1. The Kier molecular flexibility index (Phi) is 6.68. The lowest BCUT2D eigenvalue weighted by atomic mass is 10.1. The van der Waals surface area contributed by atoms with Gasteiger partial charge in [-0.25, -0.2) is 4.79 Å². The first kappa shape index (κ1) is 19.6. The maximum atomic E-state index is 13.2. The zero-order chi connectivity index (χ0) is 19.2. The molecule has 7 heteroatoms. The second-order valence-electron chi connectivity index (χ2n) is 6.07. The van der Waals surface area contributed by atoms with E-state index in [9.17, 15) is 9.59 Å². The molecule has 142 valence electrons. The van der Waals surface area contributed by atoms with Crippen molar-refractivity contribution in [2.75, 3.05) is 32.8 Å². The lowest BCUT2D eigenvalue weighted by Gasteiger charge is -2.34. The predicted molar refractivity (Wildman–Crippen MR) is 112 cm³/mol. The molecule has 0 unspecified atom stereocenters. The molecule has 2 aromatic rings. The number of halogens is 1. The van der Waals surface area contributed by atoms with Crippen LogP contribution in [0.4, 0.5) is 4.79 Å². The molecule has 1 saturated heterocycles. The lowest BCUT2D eigenvalue weighted by Crippen LogP contribution is -2.50. The molecule has 3 rings (SSSR count). The first-order valence-electron chi connectivity index (χ1n) is 8.80. The number of nitrogens with zero attached hydrogens (tertiary/aromatic N) is 2. The van der Waals surface area contributed by atoms with E-state index in [2.05, 4.69) is 15.9 Å². The number of piperazine rings is 1. The van der Waals surface area contributed by atoms with E-state index in [0.29, 0.717) is 38.4 Å². The van der Waals surface area contributed by atoms with Crippen LogP contribution in [0.5, 0.6) is 0 Å². The second kappa shape index (κ2) is 9.19. The largest absolute Gasteiger partial charge is 0.450 e. The van der Waals surface area contributed by atoms with Gasteiger partial charge >= 0.3 is 6.09 Å². The fraction of sp³-hybridized carbons (Fsp3) is 0.300. The standard InChI is InChI=1S/C20H21BrN2O3S/c1-2-26-20(25)23-11-9-22(10-12-23)19(24)17(18-4-3-13-27-18)14-15-5-7-16(21)8-6-15/h3-8,13-14H,2,9-12H2,1H3/b17-14-. The van der Waals surface area contributed by atoms with Gasteiger partial charge < -0.3 is 14.5 Å². The smallest absolute Gasteiger partial charge is 0.409 e. The average molecular weight is 449 g/mol. The molecule has 0 spiro atoms. The summed E-state index contributed by atoms with van der Waals surface area (Å²) in [6, 6.07) is 11.8. The zero-order valence-electron chi connectivity index (χ0n) is 15.1. The van der Waals surface area contributed by atoms with Gasteiger partial charge in [-0.05, 0) is 42.1 Å². The van der Waals surface area contributed by atoms with Crippen LogP contribution >= 0.6 is 27.3 Å². The quantitative estimate of drug-likeness (QED) is 0.653. The summed E-state index contributed by atoms with van der Waals surface area (Å²) in [5.41, 5.74) is 1.65. The molecule has 2 heterocycles. The fourth-order valence-corrected chi connectivity index (χ4v) is 3.87. The number of benzene rings is 1. The van der Waals surface area contributed by atoms with E-state index < -0.39 is 0 Å². The summed E-state index contributed by atoms with van der Waals surface area (Å²) in [6.07, 6.45) is 1.62. The minimum absolute atomic E-state index is 0.0103. The summed E-state index contributed by atoms with van der Waals surface area (Å²) in [6.45, 7) is 4.12. The van der Waals surface area contributed by atoms with Crippen molar-refractivity contribution >= 4 is 50.9 Å². The molecule has 5 nitrogen and oxygen atoms in total. The number of hydrogen-bond donors (Lipinski definition) is 0. The molecule has 0 atom stereocenters. The molecule has 0 bridgehead atoms. The van der Waals surface area contributed by atoms with Gasteiger partial charge in [0.25, 0.3) is 5.91 Å². The van der Waals surface area contributed by atoms with E-state index in [1.165, 1.54) is 0 Å². The van der Waals surface area contributed by atoms with E-state index in [1.54, 1.807) is 28.1 Å². The third kappa shape index (κ3) is 4.99. The van der Waals surface area contributed by atoms with Crippen molar-refractivity contribution in [1.82, 2.24) is 9.80 Å². The van der Waals surface area contributed by atoms with Crippen LogP contribution in [0.1, 0.15) is 17.4 Å². The Labute approximate surface area is 171 Å². The molecule has 1 aliphatic heterocycles. The molecule has 1 aromatic heterocycles. The number of carbonyl (C=O) groups is 2. The number of amides is 2. The Morgan fingerprint density at radius 3 is 2.37 bits per heavy atom. The van der Waals surface area contributed by atoms with Crippen molar-refractivity contribution in [2.24, 2.45) is 0 Å². The second-order valence-corrected chi connectivity index (χ2v) is 7.93. The number of hydrogen-bond acceptors (Lipinski definition) is 4. The minimum Gasteiger partial charge on any atom is -0.450 e. The van der Waals surface area contributed by atoms with Gasteiger partial charge in [0.05, 0.1) is 12.2 Å². The third-order valence-electron chi connectivity index (χ3n) is 4.29. The molecular weight excluding hydrogens is 428 g/mol. The Morgan fingerprint density at radius 2 is 1.78 bits per heavy atom. The molecular formula is C20H21BrN2O3S. The molecule has 27 heavy (non-hydrogen) atoms. The summed E-state index contributed by atoms with van der Waals surface area (Å²) in [7, 11) is 0. The van der Waals surface area contributed by atoms with Gasteiger partial charge in [0.2, 0.25) is 0 Å². The average Bonchev–Trinajstić information content (AvgIpc) is 3.22. The SMILES string of the molecule is CCOC(=O)N1CCN(C(=O)/C(=C\c2ccc(Br)cc2)c2cccs2)CC1. The highest BCUT2D eigenvalue weighted by Gasteiger charge is 2.27. The molecule has 2 amide bonds. The fourth-order valence-electron chi connectivity index (χ4n) is 2.87. The summed E-state index contributed by atoms with van der Waals surface area (Å²) in [4.78, 5) is 29.4. The first-order valence-corrected chi connectivity index (χ1v) is 10.5. The van der Waals surface area contributed by atoms with Crippen molar-refractivity contribution in [1.29, 1.82) is 0 Å². The zero-order valence-corrected chi connectivity index (χ0v) is 17.5. The van der Waals surface area contributed by atoms with Crippen molar-refractivity contribution in [2.45, 2.75) is 6.92 Å². The van der Waals surface area contributed by atoms with Crippen molar-refractivity contribution in [3.8, 4) is 0 Å². The molecule has 1 aliphatic rings. The maximum Gasteiger partial charge on any atom is 0.409 e. The third-order valence-corrected chi connectivity index (χ3v) is 5.72. The van der Waals surface area contributed by atoms with Crippen LogP contribution in [0.25, 0.3) is 11.6 Å². The van der Waals surface area contributed by atoms with E-state index in [0.717, 1.165) is 14.9 Å². The summed E-state index contributed by atoms with van der Waals surface area (Å²) < 4.78 is 6.04. The Bertz CT molecular complexity index is 810. The van der Waals surface area contributed by atoms with E-state index >= 15 is 0 Å². The monoisotopic (exact) mass is 448 g/mol. The number of carbonyl (C=O) groups excluding carboxylic acids is 2. The van der Waals surface area contributed by atoms with Gasteiger partial charge in [-0.1, -0.05) is 34.1 Å². The van der Waals surface area contributed by atoms with Crippen LogP contribution in [0.15, 0.2) is 46.3 Å². The molecule has 0 N–H and O–H groups in total. The Morgan fingerprint density at radius 1 is 1.11 bits per heavy atom. The van der Waals surface area contributed by atoms with Gasteiger partial charge in [0.15, 0.2) is 0 Å². The predicted octanol–water partition coefficient (Wildman–Crippen LogP) is 4.35. The van der Waals surface area contributed by atoms with E-state index in [4.69, 9.17) is 4.74 Å². The maximum absolute atomic E-state index is 13.2.